The molecule has 1 fully saturated rings. The van der Waals surface area contributed by atoms with Gasteiger partial charge in [-0.1, -0.05) is 12.1 Å². The number of aliphatic imine (C=N–C) groups is 1. The maximum atomic E-state index is 5.32. The van der Waals surface area contributed by atoms with E-state index in [-0.39, 0.29) is 24.0 Å². The molecule has 3 rings (SSSR count). The number of pyridine rings is 1. The van der Waals surface area contributed by atoms with Crippen molar-refractivity contribution in [2.75, 3.05) is 34.3 Å². The maximum absolute atomic E-state index is 5.32. The van der Waals surface area contributed by atoms with Gasteiger partial charge in [-0.3, -0.25) is 9.89 Å². The lowest BCUT2D eigenvalue weighted by Gasteiger charge is -2.39. The van der Waals surface area contributed by atoms with E-state index >= 15 is 0 Å². The lowest BCUT2D eigenvalue weighted by molar-refractivity contribution is 0.125. The second kappa shape index (κ2) is 11.6. The Labute approximate surface area is 188 Å². The van der Waals surface area contributed by atoms with Crippen LogP contribution in [0.25, 0.3) is 0 Å². The third-order valence-corrected chi connectivity index (χ3v) is 6.03. The fourth-order valence-electron chi connectivity index (χ4n) is 3.75. The van der Waals surface area contributed by atoms with Gasteiger partial charge in [0.2, 0.25) is 5.88 Å². The van der Waals surface area contributed by atoms with Crippen LogP contribution in [0, 0.1) is 5.92 Å². The van der Waals surface area contributed by atoms with Gasteiger partial charge in [0.15, 0.2) is 5.96 Å². The number of methoxy groups -OCH3 is 1. The first kappa shape index (κ1) is 22.9. The molecule has 154 valence electrons. The Morgan fingerprint density at radius 1 is 1.36 bits per heavy atom. The van der Waals surface area contributed by atoms with Crippen LogP contribution in [0.1, 0.15) is 29.3 Å². The maximum Gasteiger partial charge on any atom is 0.218 e. The topological polar surface area (TPSA) is 61.8 Å². The van der Waals surface area contributed by atoms with E-state index in [1.807, 2.05) is 23.5 Å². The molecule has 2 atom stereocenters. The number of aromatic nitrogens is 1. The van der Waals surface area contributed by atoms with E-state index in [1.165, 1.54) is 17.7 Å². The number of nitrogens with zero attached hydrogens (tertiary/aromatic N) is 3. The van der Waals surface area contributed by atoms with E-state index in [2.05, 4.69) is 50.1 Å². The van der Waals surface area contributed by atoms with E-state index in [1.54, 1.807) is 20.4 Å². The highest BCUT2D eigenvalue weighted by Crippen LogP contribution is 2.36. The molecule has 2 aromatic rings. The van der Waals surface area contributed by atoms with Crippen LogP contribution in [-0.4, -0.2) is 50.1 Å². The van der Waals surface area contributed by atoms with Crippen LogP contribution in [0.2, 0.25) is 0 Å². The number of halogens is 1. The van der Waals surface area contributed by atoms with Crippen LogP contribution in [0.15, 0.2) is 40.8 Å². The van der Waals surface area contributed by atoms with Crippen molar-refractivity contribution in [1.29, 1.82) is 0 Å². The van der Waals surface area contributed by atoms with Crippen molar-refractivity contribution in [2.24, 2.45) is 10.9 Å². The van der Waals surface area contributed by atoms with Gasteiger partial charge in [-0.05, 0) is 49.9 Å². The molecule has 2 N–H and O–H groups in total. The highest BCUT2D eigenvalue weighted by atomic mass is 127. The fourth-order valence-corrected chi connectivity index (χ4v) is 4.74. The Hall–Kier alpha value is -1.39. The zero-order chi connectivity index (χ0) is 19.1. The minimum absolute atomic E-state index is 0. The number of piperidine rings is 1. The third kappa shape index (κ3) is 5.81. The lowest BCUT2D eigenvalue weighted by Crippen LogP contribution is -2.44. The van der Waals surface area contributed by atoms with Gasteiger partial charge in [0.25, 0.3) is 0 Å². The van der Waals surface area contributed by atoms with Gasteiger partial charge in [-0.15, -0.1) is 35.3 Å². The van der Waals surface area contributed by atoms with Crippen molar-refractivity contribution in [2.45, 2.75) is 25.4 Å². The van der Waals surface area contributed by atoms with E-state index in [4.69, 9.17) is 4.74 Å². The Kier molecular flexibility index (Phi) is 9.46. The van der Waals surface area contributed by atoms with Crippen molar-refractivity contribution in [3.05, 3.63) is 46.3 Å². The number of nitrogens with one attached hydrogen (secondary N) is 2. The summed E-state index contributed by atoms with van der Waals surface area (Å²) < 4.78 is 5.32. The molecule has 1 aliphatic heterocycles. The van der Waals surface area contributed by atoms with Gasteiger partial charge in [-0.2, -0.15) is 0 Å². The molecule has 2 unspecified atom stereocenters. The quantitative estimate of drug-likeness (QED) is 0.350. The molecule has 6 nitrogen and oxygen atoms in total. The Balaban J connectivity index is 0.00000280. The molecule has 0 radical (unpaired) electrons. The van der Waals surface area contributed by atoms with Gasteiger partial charge in [-0.25, -0.2) is 4.98 Å². The standard InChI is InChI=1S/C20H29N5OS.HI/c1-21-20(24-14-16-7-4-10-22-19(16)26-3)23-13-15-8-5-11-25(2)18(15)17-9-6-12-27-17;/h4,6-7,9-10,12,15,18H,5,8,11,13-14H2,1-3H3,(H2,21,23,24);1H. The molecule has 0 bridgehead atoms. The predicted octanol–water partition coefficient (Wildman–Crippen LogP) is 3.52. The first-order valence-electron chi connectivity index (χ1n) is 9.39. The van der Waals surface area contributed by atoms with Crippen molar-refractivity contribution >= 4 is 41.3 Å². The van der Waals surface area contributed by atoms with E-state index in [9.17, 15) is 0 Å². The Bertz CT molecular complexity index is 740. The number of rotatable bonds is 6. The monoisotopic (exact) mass is 515 g/mol. The zero-order valence-corrected chi connectivity index (χ0v) is 19.9. The summed E-state index contributed by atoms with van der Waals surface area (Å²) in [4.78, 5) is 12.5. The normalized spacial score (nSPS) is 20.3. The summed E-state index contributed by atoms with van der Waals surface area (Å²) in [5.74, 6) is 2.01. The number of ether oxygens (including phenoxy) is 1. The zero-order valence-electron chi connectivity index (χ0n) is 16.7. The molecule has 0 aromatic carbocycles. The third-order valence-electron chi connectivity index (χ3n) is 5.09. The smallest absolute Gasteiger partial charge is 0.218 e. The highest BCUT2D eigenvalue weighted by molar-refractivity contribution is 14.0. The van der Waals surface area contributed by atoms with E-state index < -0.39 is 0 Å². The van der Waals surface area contributed by atoms with Gasteiger partial charge in [0, 0.05) is 42.8 Å². The molecule has 0 aliphatic carbocycles. The average Bonchev–Trinajstić information content (AvgIpc) is 3.22. The summed E-state index contributed by atoms with van der Waals surface area (Å²) in [6, 6.07) is 8.80. The van der Waals surface area contributed by atoms with Crippen LogP contribution in [-0.2, 0) is 6.54 Å². The molecule has 1 aliphatic rings. The van der Waals surface area contributed by atoms with Crippen molar-refractivity contribution in [1.82, 2.24) is 20.5 Å². The lowest BCUT2D eigenvalue weighted by atomic mass is 9.88. The molecule has 0 spiro atoms. The minimum Gasteiger partial charge on any atom is -0.481 e. The van der Waals surface area contributed by atoms with Crippen LogP contribution < -0.4 is 15.4 Å². The number of hydrogen-bond acceptors (Lipinski definition) is 5. The molecule has 2 aromatic heterocycles. The molecule has 28 heavy (non-hydrogen) atoms. The second-order valence-electron chi connectivity index (χ2n) is 6.82. The Morgan fingerprint density at radius 3 is 2.93 bits per heavy atom. The average molecular weight is 515 g/mol. The number of likely N-dealkylation sites (tertiary alicyclic amines) is 1. The van der Waals surface area contributed by atoms with Crippen molar-refractivity contribution in [3.8, 4) is 5.88 Å². The van der Waals surface area contributed by atoms with Crippen molar-refractivity contribution < 1.29 is 4.74 Å². The summed E-state index contributed by atoms with van der Waals surface area (Å²) in [6.07, 6.45) is 4.21. The molecule has 8 heteroatoms. The SMILES string of the molecule is CN=C(NCc1cccnc1OC)NCC1CCCN(C)C1c1cccs1.I. The number of thiophene rings is 1. The number of guanidine groups is 1. The molecule has 0 amide bonds. The van der Waals surface area contributed by atoms with E-state index in [0.29, 0.717) is 24.4 Å². The summed E-state index contributed by atoms with van der Waals surface area (Å²) in [7, 11) is 5.68. The summed E-state index contributed by atoms with van der Waals surface area (Å²) in [5.41, 5.74) is 1.01. The van der Waals surface area contributed by atoms with Crippen LogP contribution >= 0.6 is 35.3 Å². The first-order chi connectivity index (χ1) is 13.2. The summed E-state index contributed by atoms with van der Waals surface area (Å²) >= 11 is 1.85. The summed E-state index contributed by atoms with van der Waals surface area (Å²) in [5, 5.41) is 9.05. The molecular formula is C20H30IN5OS. The number of hydrogen-bond donors (Lipinski definition) is 2. The van der Waals surface area contributed by atoms with Crippen molar-refractivity contribution in [3.63, 3.8) is 0 Å². The Morgan fingerprint density at radius 2 is 2.21 bits per heavy atom. The largest absolute Gasteiger partial charge is 0.481 e. The van der Waals surface area contributed by atoms with Crippen LogP contribution in [0.5, 0.6) is 5.88 Å². The van der Waals surface area contributed by atoms with Crippen LogP contribution in [0.3, 0.4) is 0 Å². The molecular weight excluding hydrogens is 485 g/mol. The molecule has 3 heterocycles. The molecule has 1 saturated heterocycles. The predicted molar refractivity (Wildman–Crippen MR) is 127 cm³/mol. The fraction of sp³-hybridized carbons (Fsp3) is 0.500. The van der Waals surface area contributed by atoms with Crippen LogP contribution in [0.4, 0.5) is 0 Å². The van der Waals surface area contributed by atoms with Gasteiger partial charge >= 0.3 is 0 Å². The minimum atomic E-state index is 0. The van der Waals surface area contributed by atoms with Gasteiger partial charge in [0.05, 0.1) is 7.11 Å². The van der Waals surface area contributed by atoms with E-state index in [0.717, 1.165) is 24.6 Å². The van der Waals surface area contributed by atoms with Gasteiger partial charge in [0.1, 0.15) is 0 Å². The molecule has 0 saturated carbocycles. The van der Waals surface area contributed by atoms with Gasteiger partial charge < -0.3 is 15.4 Å². The second-order valence-corrected chi connectivity index (χ2v) is 7.80. The summed E-state index contributed by atoms with van der Waals surface area (Å²) in [6.45, 7) is 2.68. The first-order valence-corrected chi connectivity index (χ1v) is 10.3. The highest BCUT2D eigenvalue weighted by Gasteiger charge is 2.31.